The minimum absolute atomic E-state index is 0.666. The van der Waals surface area contributed by atoms with Gasteiger partial charge in [-0.05, 0) is 35.8 Å². The fourth-order valence-electron chi connectivity index (χ4n) is 3.53. The van der Waals surface area contributed by atoms with E-state index < -0.39 is 0 Å². The van der Waals surface area contributed by atoms with E-state index in [1.807, 2.05) is 0 Å². The molecule has 2 nitrogen and oxygen atoms in total. The standard InChI is InChI=1S/C19H25NO/c1-14-7-3-6-10-18(14)20-13-15-11-12-19(21-2)17-9-5-4-8-16(15)17/h4-5,8-9,11-12,14,18,20H,3,6-7,10,13H2,1-2H3. The summed E-state index contributed by atoms with van der Waals surface area (Å²) in [5.41, 5.74) is 1.36. The Bertz CT molecular complexity index is 608. The Morgan fingerprint density at radius 2 is 1.81 bits per heavy atom. The van der Waals surface area contributed by atoms with Crippen LogP contribution in [0.15, 0.2) is 36.4 Å². The van der Waals surface area contributed by atoms with Crippen molar-refractivity contribution in [2.24, 2.45) is 5.92 Å². The molecule has 1 N–H and O–H groups in total. The molecule has 1 aliphatic rings. The van der Waals surface area contributed by atoms with E-state index in [9.17, 15) is 0 Å². The van der Waals surface area contributed by atoms with Gasteiger partial charge in [0.15, 0.2) is 0 Å². The topological polar surface area (TPSA) is 21.3 Å². The molecule has 0 aromatic heterocycles. The van der Waals surface area contributed by atoms with Gasteiger partial charge >= 0.3 is 0 Å². The van der Waals surface area contributed by atoms with Crippen molar-refractivity contribution in [2.45, 2.75) is 45.2 Å². The molecule has 0 saturated heterocycles. The highest BCUT2D eigenvalue weighted by molar-refractivity contribution is 5.91. The molecule has 112 valence electrons. The van der Waals surface area contributed by atoms with Crippen LogP contribution in [0.5, 0.6) is 5.75 Å². The lowest BCUT2D eigenvalue weighted by Crippen LogP contribution is -2.36. The lowest BCUT2D eigenvalue weighted by Gasteiger charge is -2.30. The Balaban J connectivity index is 1.81. The summed E-state index contributed by atoms with van der Waals surface area (Å²) in [6.45, 7) is 3.32. The van der Waals surface area contributed by atoms with Crippen LogP contribution in [0.1, 0.15) is 38.2 Å². The summed E-state index contributed by atoms with van der Waals surface area (Å²) >= 11 is 0. The maximum Gasteiger partial charge on any atom is 0.126 e. The summed E-state index contributed by atoms with van der Waals surface area (Å²) in [6, 6.07) is 13.5. The zero-order chi connectivity index (χ0) is 14.7. The molecule has 2 aromatic carbocycles. The minimum atomic E-state index is 0.666. The summed E-state index contributed by atoms with van der Waals surface area (Å²) < 4.78 is 5.47. The van der Waals surface area contributed by atoms with Crippen molar-refractivity contribution < 1.29 is 4.74 Å². The van der Waals surface area contributed by atoms with Gasteiger partial charge in [0.2, 0.25) is 0 Å². The van der Waals surface area contributed by atoms with Crippen molar-refractivity contribution in [2.75, 3.05) is 7.11 Å². The van der Waals surface area contributed by atoms with E-state index in [1.165, 1.54) is 42.0 Å². The first-order valence-corrected chi connectivity index (χ1v) is 8.07. The maximum atomic E-state index is 5.47. The molecular weight excluding hydrogens is 258 g/mol. The Hall–Kier alpha value is -1.54. The molecule has 0 spiro atoms. The van der Waals surface area contributed by atoms with Crippen molar-refractivity contribution in [1.29, 1.82) is 0 Å². The molecule has 0 heterocycles. The van der Waals surface area contributed by atoms with Gasteiger partial charge in [0.1, 0.15) is 5.75 Å². The number of hydrogen-bond donors (Lipinski definition) is 1. The molecular formula is C19H25NO. The molecule has 0 aliphatic heterocycles. The maximum absolute atomic E-state index is 5.47. The highest BCUT2D eigenvalue weighted by atomic mass is 16.5. The zero-order valence-electron chi connectivity index (χ0n) is 13.1. The van der Waals surface area contributed by atoms with E-state index >= 15 is 0 Å². The Kier molecular flexibility index (Phi) is 4.45. The van der Waals surface area contributed by atoms with Gasteiger partial charge in [0, 0.05) is 18.0 Å². The number of benzene rings is 2. The first-order chi connectivity index (χ1) is 10.3. The molecule has 1 aliphatic carbocycles. The fourth-order valence-corrected chi connectivity index (χ4v) is 3.53. The van der Waals surface area contributed by atoms with Crippen LogP contribution in [0.25, 0.3) is 10.8 Å². The second-order valence-electron chi connectivity index (χ2n) is 6.22. The predicted molar refractivity (Wildman–Crippen MR) is 88.8 cm³/mol. The second-order valence-corrected chi connectivity index (χ2v) is 6.22. The summed E-state index contributed by atoms with van der Waals surface area (Å²) in [5, 5.41) is 6.28. The summed E-state index contributed by atoms with van der Waals surface area (Å²) in [4.78, 5) is 0. The normalized spacial score (nSPS) is 22.4. The first-order valence-electron chi connectivity index (χ1n) is 8.07. The van der Waals surface area contributed by atoms with Gasteiger partial charge in [-0.25, -0.2) is 0 Å². The second kappa shape index (κ2) is 6.48. The molecule has 1 fully saturated rings. The van der Waals surface area contributed by atoms with Crippen molar-refractivity contribution in [1.82, 2.24) is 5.32 Å². The smallest absolute Gasteiger partial charge is 0.126 e. The van der Waals surface area contributed by atoms with Crippen LogP contribution in [0.2, 0.25) is 0 Å². The van der Waals surface area contributed by atoms with E-state index in [0.29, 0.717) is 6.04 Å². The van der Waals surface area contributed by atoms with E-state index in [4.69, 9.17) is 4.74 Å². The summed E-state index contributed by atoms with van der Waals surface area (Å²) in [7, 11) is 1.74. The van der Waals surface area contributed by atoms with Crippen molar-refractivity contribution in [3.8, 4) is 5.75 Å². The van der Waals surface area contributed by atoms with E-state index in [2.05, 4.69) is 48.6 Å². The molecule has 2 heteroatoms. The van der Waals surface area contributed by atoms with Crippen LogP contribution in [-0.2, 0) is 6.54 Å². The molecule has 2 unspecified atom stereocenters. The number of rotatable bonds is 4. The number of fused-ring (bicyclic) bond motifs is 1. The van der Waals surface area contributed by atoms with Gasteiger partial charge in [0.05, 0.1) is 7.11 Å². The van der Waals surface area contributed by atoms with Gasteiger partial charge in [-0.2, -0.15) is 0 Å². The van der Waals surface area contributed by atoms with Crippen LogP contribution in [-0.4, -0.2) is 13.2 Å². The van der Waals surface area contributed by atoms with E-state index in [-0.39, 0.29) is 0 Å². The lowest BCUT2D eigenvalue weighted by atomic mass is 9.86. The van der Waals surface area contributed by atoms with Crippen molar-refractivity contribution in [3.05, 3.63) is 42.0 Å². The SMILES string of the molecule is COc1ccc(CNC2CCCCC2C)c2ccccc12. The van der Waals surface area contributed by atoms with Crippen LogP contribution in [0.3, 0.4) is 0 Å². The number of nitrogens with one attached hydrogen (secondary N) is 1. The van der Waals surface area contributed by atoms with E-state index in [1.54, 1.807) is 7.11 Å². The minimum Gasteiger partial charge on any atom is -0.496 e. The quantitative estimate of drug-likeness (QED) is 0.891. The predicted octanol–water partition coefficient (Wildman–Crippen LogP) is 4.52. The summed E-state index contributed by atoms with van der Waals surface area (Å²) in [5.74, 6) is 1.75. The zero-order valence-corrected chi connectivity index (χ0v) is 13.1. The average Bonchev–Trinajstić information content (AvgIpc) is 2.54. The van der Waals surface area contributed by atoms with Crippen molar-refractivity contribution >= 4 is 10.8 Å². The first kappa shape index (κ1) is 14.4. The molecule has 3 rings (SSSR count). The van der Waals surface area contributed by atoms with Crippen molar-refractivity contribution in [3.63, 3.8) is 0 Å². The molecule has 0 amide bonds. The highest BCUT2D eigenvalue weighted by Crippen LogP contribution is 2.29. The van der Waals surface area contributed by atoms with Gasteiger partial charge in [-0.3, -0.25) is 0 Å². The Morgan fingerprint density at radius 3 is 2.57 bits per heavy atom. The third-order valence-corrected chi connectivity index (χ3v) is 4.86. The number of methoxy groups -OCH3 is 1. The fraction of sp³-hybridized carbons (Fsp3) is 0.474. The van der Waals surface area contributed by atoms with Crippen LogP contribution in [0.4, 0.5) is 0 Å². The van der Waals surface area contributed by atoms with Gasteiger partial charge in [-0.15, -0.1) is 0 Å². The number of hydrogen-bond acceptors (Lipinski definition) is 2. The van der Waals surface area contributed by atoms with Gasteiger partial charge in [-0.1, -0.05) is 50.1 Å². The van der Waals surface area contributed by atoms with Crippen LogP contribution < -0.4 is 10.1 Å². The highest BCUT2D eigenvalue weighted by Gasteiger charge is 2.20. The van der Waals surface area contributed by atoms with Gasteiger partial charge in [0.25, 0.3) is 0 Å². The van der Waals surface area contributed by atoms with Gasteiger partial charge < -0.3 is 10.1 Å². The Morgan fingerprint density at radius 1 is 1.05 bits per heavy atom. The Labute approximate surface area is 127 Å². The molecule has 0 radical (unpaired) electrons. The number of ether oxygens (including phenoxy) is 1. The summed E-state index contributed by atoms with van der Waals surface area (Å²) in [6.07, 6.45) is 5.44. The third-order valence-electron chi connectivity index (χ3n) is 4.86. The largest absolute Gasteiger partial charge is 0.496 e. The van der Waals surface area contributed by atoms with E-state index in [0.717, 1.165) is 18.2 Å². The molecule has 2 aromatic rings. The molecule has 2 atom stereocenters. The monoisotopic (exact) mass is 283 g/mol. The molecule has 21 heavy (non-hydrogen) atoms. The van der Waals surface area contributed by atoms with Crippen LogP contribution in [0, 0.1) is 5.92 Å². The van der Waals surface area contributed by atoms with Crippen LogP contribution >= 0.6 is 0 Å². The molecule has 0 bridgehead atoms. The molecule has 1 saturated carbocycles. The average molecular weight is 283 g/mol. The lowest BCUT2D eigenvalue weighted by molar-refractivity contribution is 0.279. The third kappa shape index (κ3) is 3.06.